The molecule has 158 valence electrons. The number of ether oxygens (including phenoxy) is 2. The third kappa shape index (κ3) is 5.37. The number of amides is 2. The molecule has 0 radical (unpaired) electrons. The summed E-state index contributed by atoms with van der Waals surface area (Å²) in [5, 5.41) is 2.83. The summed E-state index contributed by atoms with van der Waals surface area (Å²) >= 11 is 0. The highest BCUT2D eigenvalue weighted by Crippen LogP contribution is 2.33. The maximum absolute atomic E-state index is 12.4. The molecule has 2 aromatic rings. The number of benzene rings is 2. The summed E-state index contributed by atoms with van der Waals surface area (Å²) in [4.78, 5) is 37.9. The van der Waals surface area contributed by atoms with Crippen LogP contribution in [0.2, 0.25) is 0 Å². The first-order valence-electron chi connectivity index (χ1n) is 10.1. The molecule has 7 heteroatoms. The number of carbonyl (C=O) groups excluding carboxylic acids is 3. The van der Waals surface area contributed by atoms with Crippen LogP contribution in [-0.4, -0.2) is 37.4 Å². The number of carbonyl (C=O) groups is 3. The predicted octanol–water partition coefficient (Wildman–Crippen LogP) is 3.82. The van der Waals surface area contributed by atoms with Gasteiger partial charge >= 0.3 is 0 Å². The van der Waals surface area contributed by atoms with Crippen molar-refractivity contribution in [3.63, 3.8) is 0 Å². The molecule has 7 nitrogen and oxygen atoms in total. The zero-order valence-electron chi connectivity index (χ0n) is 17.3. The van der Waals surface area contributed by atoms with Gasteiger partial charge in [0.25, 0.3) is 5.91 Å². The monoisotopic (exact) mass is 410 g/mol. The zero-order valence-corrected chi connectivity index (χ0v) is 17.3. The van der Waals surface area contributed by atoms with Crippen LogP contribution in [0.15, 0.2) is 42.5 Å². The van der Waals surface area contributed by atoms with Crippen LogP contribution in [0.1, 0.15) is 43.5 Å². The minimum absolute atomic E-state index is 0.0898. The molecule has 0 fully saturated rings. The van der Waals surface area contributed by atoms with E-state index in [-0.39, 0.29) is 37.2 Å². The first-order chi connectivity index (χ1) is 14.5. The lowest BCUT2D eigenvalue weighted by Gasteiger charge is -2.29. The number of hydrogen-bond acceptors (Lipinski definition) is 5. The largest absolute Gasteiger partial charge is 0.494 e. The minimum Gasteiger partial charge on any atom is -0.494 e. The zero-order chi connectivity index (χ0) is 21.5. The average Bonchev–Trinajstić information content (AvgIpc) is 2.74. The molecule has 2 aromatic carbocycles. The van der Waals surface area contributed by atoms with Gasteiger partial charge in [0.15, 0.2) is 12.4 Å². The number of Topliss-reactive ketones (excluding diaryl/α,β-unsaturated/α-hetero) is 1. The molecule has 2 amide bonds. The van der Waals surface area contributed by atoms with E-state index in [9.17, 15) is 14.4 Å². The van der Waals surface area contributed by atoms with E-state index in [2.05, 4.69) is 12.2 Å². The minimum atomic E-state index is -0.246. The number of rotatable bonds is 9. The predicted molar refractivity (Wildman–Crippen MR) is 114 cm³/mol. The van der Waals surface area contributed by atoms with E-state index in [1.807, 2.05) is 12.1 Å². The van der Waals surface area contributed by atoms with E-state index in [1.165, 1.54) is 11.8 Å². The molecule has 0 aliphatic carbocycles. The summed E-state index contributed by atoms with van der Waals surface area (Å²) in [6, 6.07) is 12.2. The van der Waals surface area contributed by atoms with Crippen molar-refractivity contribution in [3.05, 3.63) is 48.0 Å². The molecule has 1 aliphatic rings. The van der Waals surface area contributed by atoms with Gasteiger partial charge in [0.05, 0.1) is 12.3 Å². The van der Waals surface area contributed by atoms with E-state index in [0.717, 1.165) is 18.6 Å². The van der Waals surface area contributed by atoms with Gasteiger partial charge in [-0.25, -0.2) is 0 Å². The van der Waals surface area contributed by atoms with E-state index in [0.29, 0.717) is 29.3 Å². The Morgan fingerprint density at radius 2 is 1.93 bits per heavy atom. The second-order valence-electron chi connectivity index (χ2n) is 7.10. The molecule has 3 rings (SSSR count). The Morgan fingerprint density at radius 3 is 2.63 bits per heavy atom. The molecular formula is C23H26N2O5. The highest BCUT2D eigenvalue weighted by molar-refractivity contribution is 6.02. The average molecular weight is 410 g/mol. The van der Waals surface area contributed by atoms with Gasteiger partial charge in [0, 0.05) is 24.2 Å². The maximum Gasteiger partial charge on any atom is 0.265 e. The Morgan fingerprint density at radius 1 is 1.17 bits per heavy atom. The molecule has 0 spiro atoms. The molecule has 30 heavy (non-hydrogen) atoms. The van der Waals surface area contributed by atoms with Crippen molar-refractivity contribution in [2.75, 3.05) is 30.0 Å². The number of ketones is 1. The molecular weight excluding hydrogens is 384 g/mol. The van der Waals surface area contributed by atoms with Gasteiger partial charge in [-0.3, -0.25) is 14.4 Å². The molecule has 0 atom stereocenters. The van der Waals surface area contributed by atoms with Crippen molar-refractivity contribution in [3.8, 4) is 11.5 Å². The highest BCUT2D eigenvalue weighted by atomic mass is 16.5. The number of fused-ring (bicyclic) bond motifs is 1. The van der Waals surface area contributed by atoms with Gasteiger partial charge < -0.3 is 19.7 Å². The lowest BCUT2D eigenvalue weighted by Crippen LogP contribution is -2.40. The van der Waals surface area contributed by atoms with Gasteiger partial charge in [-0.05, 0) is 55.8 Å². The number of nitrogens with zero attached hydrogens (tertiary/aromatic N) is 1. The lowest BCUT2D eigenvalue weighted by molar-refractivity contribution is -0.121. The molecule has 1 heterocycles. The topological polar surface area (TPSA) is 84.9 Å². The molecule has 0 bridgehead atoms. The third-order valence-corrected chi connectivity index (χ3v) is 4.78. The van der Waals surface area contributed by atoms with Gasteiger partial charge in [-0.15, -0.1) is 0 Å². The van der Waals surface area contributed by atoms with Gasteiger partial charge in [-0.1, -0.05) is 13.3 Å². The van der Waals surface area contributed by atoms with E-state index in [4.69, 9.17) is 9.47 Å². The first kappa shape index (κ1) is 21.4. The Kier molecular flexibility index (Phi) is 7.06. The van der Waals surface area contributed by atoms with Gasteiger partial charge in [0.1, 0.15) is 11.5 Å². The van der Waals surface area contributed by atoms with Gasteiger partial charge in [0.2, 0.25) is 5.91 Å². The molecule has 0 unspecified atom stereocenters. The van der Waals surface area contributed by atoms with Crippen LogP contribution in [0.25, 0.3) is 0 Å². The fourth-order valence-electron chi connectivity index (χ4n) is 3.07. The van der Waals surface area contributed by atoms with Crippen LogP contribution >= 0.6 is 0 Å². The first-order valence-corrected chi connectivity index (χ1v) is 10.1. The molecule has 0 aromatic heterocycles. The van der Waals surface area contributed by atoms with Crippen molar-refractivity contribution < 1.29 is 23.9 Å². The number of anilines is 2. The molecule has 1 N–H and O–H groups in total. The molecule has 1 aliphatic heterocycles. The summed E-state index contributed by atoms with van der Waals surface area (Å²) < 4.78 is 11.0. The number of hydrogen-bond donors (Lipinski definition) is 1. The summed E-state index contributed by atoms with van der Waals surface area (Å²) in [7, 11) is 0. The number of unbranched alkanes of at least 4 members (excludes halogenated alkanes) is 1. The Labute approximate surface area is 176 Å². The third-order valence-electron chi connectivity index (χ3n) is 4.78. The van der Waals surface area contributed by atoms with E-state index in [1.54, 1.807) is 30.3 Å². The quantitative estimate of drug-likeness (QED) is 0.502. The summed E-state index contributed by atoms with van der Waals surface area (Å²) in [6.45, 7) is 4.34. The Hall–Kier alpha value is -3.35. The number of nitrogens with one attached hydrogen (secondary N) is 1. The van der Waals surface area contributed by atoms with Crippen LogP contribution in [0.3, 0.4) is 0 Å². The summed E-state index contributed by atoms with van der Waals surface area (Å²) in [5.74, 6) is 0.732. The summed E-state index contributed by atoms with van der Waals surface area (Å²) in [5.41, 5.74) is 1.67. The highest BCUT2D eigenvalue weighted by Gasteiger charge is 2.26. The second-order valence-corrected chi connectivity index (χ2v) is 7.10. The fraction of sp³-hybridized carbons (Fsp3) is 0.348. The Balaban J connectivity index is 1.59. The van der Waals surface area contributed by atoms with Crippen LogP contribution in [0.5, 0.6) is 11.5 Å². The Bertz CT molecular complexity index is 924. The maximum atomic E-state index is 12.4. The van der Waals surface area contributed by atoms with Crippen molar-refractivity contribution >= 4 is 29.0 Å². The van der Waals surface area contributed by atoms with Crippen molar-refractivity contribution in [2.24, 2.45) is 0 Å². The van der Waals surface area contributed by atoms with Crippen molar-refractivity contribution in [1.82, 2.24) is 0 Å². The SMILES string of the molecule is CCCCOc1ccc(NC(=O)CCN2C(=O)COc3ccc(C(C)=O)cc32)cc1. The van der Waals surface area contributed by atoms with Crippen LogP contribution in [-0.2, 0) is 9.59 Å². The summed E-state index contributed by atoms with van der Waals surface area (Å²) in [6.07, 6.45) is 2.18. The lowest BCUT2D eigenvalue weighted by atomic mass is 10.1. The van der Waals surface area contributed by atoms with Crippen LogP contribution in [0, 0.1) is 0 Å². The molecule has 0 saturated carbocycles. The second kappa shape index (κ2) is 9.91. The van der Waals surface area contributed by atoms with E-state index >= 15 is 0 Å². The van der Waals surface area contributed by atoms with E-state index < -0.39 is 0 Å². The van der Waals surface area contributed by atoms with Crippen molar-refractivity contribution in [2.45, 2.75) is 33.1 Å². The van der Waals surface area contributed by atoms with Crippen LogP contribution in [0.4, 0.5) is 11.4 Å². The van der Waals surface area contributed by atoms with Crippen LogP contribution < -0.4 is 19.7 Å². The molecule has 0 saturated heterocycles. The fourth-order valence-corrected chi connectivity index (χ4v) is 3.07. The van der Waals surface area contributed by atoms with Crippen molar-refractivity contribution in [1.29, 1.82) is 0 Å². The smallest absolute Gasteiger partial charge is 0.265 e. The normalized spacial score (nSPS) is 12.7. The van der Waals surface area contributed by atoms with Gasteiger partial charge in [-0.2, -0.15) is 0 Å². The standard InChI is InChI=1S/C23H26N2O5/c1-3-4-13-29-19-8-6-18(7-9-19)24-22(27)11-12-25-20-14-17(16(2)26)5-10-21(20)30-15-23(25)28/h5-10,14H,3-4,11-13,15H2,1-2H3,(H,24,27).